The number of carbonyl (C=O) groups is 1. The van der Waals surface area contributed by atoms with Gasteiger partial charge in [-0.05, 0) is 50.3 Å². The zero-order chi connectivity index (χ0) is 16.0. The average molecular weight is 311 g/mol. The number of aryl methyl sites for hydroxylation is 2. The maximum atomic E-state index is 12.5. The minimum atomic E-state index is 0.0227. The van der Waals surface area contributed by atoms with Crippen LogP contribution in [-0.4, -0.2) is 28.0 Å². The molecule has 2 unspecified atom stereocenters. The summed E-state index contributed by atoms with van der Waals surface area (Å²) in [5.74, 6) is 1.37. The summed E-state index contributed by atoms with van der Waals surface area (Å²) in [6.45, 7) is 3.85. The number of oxazole rings is 1. The minimum Gasteiger partial charge on any atom is -0.441 e. The van der Waals surface area contributed by atoms with Crippen molar-refractivity contribution in [1.29, 1.82) is 0 Å². The molecule has 2 bridgehead atoms. The number of carbonyl (C=O) groups excluding carboxylic acids is 1. The predicted octanol–water partition coefficient (Wildman–Crippen LogP) is 4.12. The summed E-state index contributed by atoms with van der Waals surface area (Å²) in [5.41, 5.74) is 2.86. The van der Waals surface area contributed by atoms with Crippen molar-refractivity contribution in [2.24, 2.45) is 0 Å². The molecule has 120 valence electrons. The first-order valence-electron chi connectivity index (χ1n) is 8.24. The Kier molecular flexibility index (Phi) is 3.36. The lowest BCUT2D eigenvalue weighted by atomic mass is 9.80. The minimum absolute atomic E-state index is 0.0227. The van der Waals surface area contributed by atoms with Crippen LogP contribution >= 0.6 is 0 Å². The molecule has 4 rings (SSSR count). The van der Waals surface area contributed by atoms with Crippen LogP contribution in [0.25, 0.3) is 11.3 Å². The van der Waals surface area contributed by atoms with E-state index in [1.165, 1.54) is 12.8 Å². The van der Waals surface area contributed by atoms with Crippen LogP contribution in [0.2, 0.25) is 0 Å². The van der Waals surface area contributed by atoms with Gasteiger partial charge >= 0.3 is 6.03 Å². The highest BCUT2D eigenvalue weighted by Gasteiger charge is 2.44. The molecule has 0 radical (unpaired) electrons. The molecule has 23 heavy (non-hydrogen) atoms. The van der Waals surface area contributed by atoms with Gasteiger partial charge in [0.1, 0.15) is 0 Å². The van der Waals surface area contributed by atoms with E-state index in [0.717, 1.165) is 35.4 Å². The van der Waals surface area contributed by atoms with Gasteiger partial charge in [-0.2, -0.15) is 0 Å². The van der Waals surface area contributed by atoms with Crippen molar-refractivity contribution < 1.29 is 9.21 Å². The van der Waals surface area contributed by atoms with Gasteiger partial charge in [-0.1, -0.05) is 6.07 Å². The van der Waals surface area contributed by atoms with Crippen LogP contribution in [0.4, 0.5) is 10.5 Å². The van der Waals surface area contributed by atoms with Crippen LogP contribution in [0.15, 0.2) is 28.8 Å². The van der Waals surface area contributed by atoms with E-state index in [-0.39, 0.29) is 6.03 Å². The van der Waals surface area contributed by atoms with Gasteiger partial charge in [-0.25, -0.2) is 9.78 Å². The van der Waals surface area contributed by atoms with Crippen molar-refractivity contribution in [1.82, 2.24) is 9.88 Å². The van der Waals surface area contributed by atoms with Crippen molar-refractivity contribution in [3.63, 3.8) is 0 Å². The number of urea groups is 1. The van der Waals surface area contributed by atoms with Gasteiger partial charge in [0.15, 0.2) is 11.7 Å². The second-order valence-corrected chi connectivity index (χ2v) is 6.58. The topological polar surface area (TPSA) is 58.4 Å². The van der Waals surface area contributed by atoms with Gasteiger partial charge in [0, 0.05) is 30.3 Å². The number of hydrogen-bond acceptors (Lipinski definition) is 3. The van der Waals surface area contributed by atoms with E-state index in [0.29, 0.717) is 18.0 Å². The van der Waals surface area contributed by atoms with Crippen molar-refractivity contribution in [3.8, 4) is 11.3 Å². The van der Waals surface area contributed by atoms with Crippen LogP contribution < -0.4 is 5.32 Å². The smallest absolute Gasteiger partial charge is 0.322 e. The monoisotopic (exact) mass is 311 g/mol. The summed E-state index contributed by atoms with van der Waals surface area (Å²) in [4.78, 5) is 18.7. The molecule has 0 saturated carbocycles. The highest BCUT2D eigenvalue weighted by atomic mass is 16.4. The number of amides is 2. The third-order valence-electron chi connectivity index (χ3n) is 5.02. The number of fused-ring (bicyclic) bond motifs is 2. The molecule has 2 amide bonds. The average Bonchev–Trinajstić information content (AvgIpc) is 2.96. The van der Waals surface area contributed by atoms with Crippen molar-refractivity contribution in [3.05, 3.63) is 35.9 Å². The zero-order valence-corrected chi connectivity index (χ0v) is 13.5. The Morgan fingerprint density at radius 1 is 1.30 bits per heavy atom. The van der Waals surface area contributed by atoms with E-state index in [2.05, 4.69) is 10.3 Å². The van der Waals surface area contributed by atoms with E-state index in [1.807, 2.05) is 36.9 Å². The molecule has 2 saturated heterocycles. The predicted molar refractivity (Wildman–Crippen MR) is 88.3 cm³/mol. The Morgan fingerprint density at radius 3 is 2.74 bits per heavy atom. The van der Waals surface area contributed by atoms with Gasteiger partial charge in [0.2, 0.25) is 0 Å². The summed E-state index contributed by atoms with van der Waals surface area (Å²) in [6, 6.07) is 6.80. The second-order valence-electron chi connectivity index (χ2n) is 6.58. The SMILES string of the molecule is Cc1ncc(-c2cc(NC(=O)N3C4CCCC3C4)ccc2C)o1. The number of hydrogen-bond donors (Lipinski definition) is 1. The quantitative estimate of drug-likeness (QED) is 0.907. The van der Waals surface area contributed by atoms with Crippen LogP contribution in [0.1, 0.15) is 37.1 Å². The first kappa shape index (κ1) is 14.3. The molecular formula is C18H21N3O2. The summed E-state index contributed by atoms with van der Waals surface area (Å²) >= 11 is 0. The molecular weight excluding hydrogens is 290 g/mol. The molecule has 1 aromatic heterocycles. The first-order valence-corrected chi connectivity index (χ1v) is 8.24. The highest BCUT2D eigenvalue weighted by molar-refractivity contribution is 5.91. The Morgan fingerprint density at radius 2 is 2.09 bits per heavy atom. The maximum absolute atomic E-state index is 12.5. The third kappa shape index (κ3) is 2.50. The van der Waals surface area contributed by atoms with E-state index < -0.39 is 0 Å². The number of piperidine rings is 1. The van der Waals surface area contributed by atoms with E-state index >= 15 is 0 Å². The molecule has 2 fully saturated rings. The largest absolute Gasteiger partial charge is 0.441 e. The number of rotatable bonds is 2. The van der Waals surface area contributed by atoms with Gasteiger partial charge in [-0.15, -0.1) is 0 Å². The molecule has 2 aliphatic heterocycles. The molecule has 0 spiro atoms. The van der Waals surface area contributed by atoms with E-state index in [9.17, 15) is 4.79 Å². The molecule has 1 N–H and O–H groups in total. The molecule has 2 atom stereocenters. The fourth-order valence-electron chi connectivity index (χ4n) is 3.78. The summed E-state index contributed by atoms with van der Waals surface area (Å²) < 4.78 is 5.62. The summed E-state index contributed by atoms with van der Waals surface area (Å²) in [5, 5.41) is 3.04. The number of aromatic nitrogens is 1. The van der Waals surface area contributed by atoms with Crippen LogP contribution in [0, 0.1) is 13.8 Å². The van der Waals surface area contributed by atoms with Gasteiger partial charge < -0.3 is 14.6 Å². The number of anilines is 1. The Labute approximate surface area is 135 Å². The van der Waals surface area contributed by atoms with Crippen LogP contribution in [0.3, 0.4) is 0 Å². The lowest BCUT2D eigenvalue weighted by molar-refractivity contribution is 0.0173. The zero-order valence-electron chi connectivity index (χ0n) is 13.5. The van der Waals surface area contributed by atoms with Crippen LogP contribution in [0.5, 0.6) is 0 Å². The fourth-order valence-corrected chi connectivity index (χ4v) is 3.78. The normalized spacial score (nSPS) is 22.6. The number of benzene rings is 1. The maximum Gasteiger partial charge on any atom is 0.322 e. The standard InChI is InChI=1S/C18H21N3O2/c1-11-6-7-13(8-16(11)17-10-19-12(2)23-17)20-18(22)21-14-4-3-5-15(21)9-14/h6-8,10,14-15H,3-5,9H2,1-2H3,(H,20,22). The summed E-state index contributed by atoms with van der Waals surface area (Å²) in [7, 11) is 0. The van der Waals surface area contributed by atoms with Crippen molar-refractivity contribution in [2.45, 2.75) is 51.6 Å². The van der Waals surface area contributed by atoms with Crippen molar-refractivity contribution >= 4 is 11.7 Å². The van der Waals surface area contributed by atoms with Gasteiger partial charge in [0.25, 0.3) is 0 Å². The molecule has 5 nitrogen and oxygen atoms in total. The second kappa shape index (κ2) is 5.41. The Hall–Kier alpha value is -2.30. The van der Waals surface area contributed by atoms with Gasteiger partial charge in [-0.3, -0.25) is 0 Å². The number of nitrogens with one attached hydrogen (secondary N) is 1. The van der Waals surface area contributed by atoms with Gasteiger partial charge in [0.05, 0.1) is 6.20 Å². The molecule has 3 heterocycles. The molecule has 1 aromatic carbocycles. The Bertz CT molecular complexity index is 738. The first-order chi connectivity index (χ1) is 11.1. The molecule has 2 aliphatic rings. The van der Waals surface area contributed by atoms with Crippen molar-refractivity contribution in [2.75, 3.05) is 5.32 Å². The lowest BCUT2D eigenvalue weighted by Crippen LogP contribution is -2.62. The van der Waals surface area contributed by atoms with E-state index in [4.69, 9.17) is 4.42 Å². The Balaban J connectivity index is 1.54. The third-order valence-corrected chi connectivity index (χ3v) is 5.02. The lowest BCUT2D eigenvalue weighted by Gasteiger charge is -2.52. The summed E-state index contributed by atoms with van der Waals surface area (Å²) in [6.07, 6.45) is 6.42. The highest BCUT2D eigenvalue weighted by Crippen LogP contribution is 2.38. The molecule has 0 aliphatic carbocycles. The fraction of sp³-hybridized carbons (Fsp3) is 0.444. The number of nitrogens with zero attached hydrogens (tertiary/aromatic N) is 2. The van der Waals surface area contributed by atoms with Crippen LogP contribution in [-0.2, 0) is 0 Å². The van der Waals surface area contributed by atoms with E-state index in [1.54, 1.807) is 6.20 Å². The molecule has 5 heteroatoms. The molecule has 2 aromatic rings.